The average Bonchev–Trinajstić information content (AvgIpc) is 2.30. The monoisotopic (exact) mass is 208 g/mol. The minimum absolute atomic E-state index is 0.279. The zero-order valence-electron chi connectivity index (χ0n) is 8.88. The van der Waals surface area contributed by atoms with Crippen LogP contribution in [0.2, 0.25) is 0 Å². The highest BCUT2D eigenvalue weighted by molar-refractivity contribution is 5.33. The second-order valence-electron chi connectivity index (χ2n) is 4.25. The van der Waals surface area contributed by atoms with Crippen LogP contribution in [0.1, 0.15) is 32.1 Å². The molecule has 1 saturated carbocycles. The summed E-state index contributed by atoms with van der Waals surface area (Å²) in [6.07, 6.45) is 7.96. The first kappa shape index (κ1) is 10.4. The Bertz CT molecular complexity index is 291. The first-order valence-corrected chi connectivity index (χ1v) is 5.70. The van der Waals surface area contributed by atoms with Gasteiger partial charge in [-0.15, -0.1) is 0 Å². The molecule has 2 nitrogen and oxygen atoms in total. The Morgan fingerprint density at radius 2 is 2.07 bits per heavy atom. The van der Waals surface area contributed by atoms with Crippen molar-refractivity contribution in [3.63, 3.8) is 0 Å². The van der Waals surface area contributed by atoms with Crippen LogP contribution in [-0.4, -0.2) is 11.5 Å². The summed E-state index contributed by atoms with van der Waals surface area (Å²) in [6, 6.07) is 3.13. The van der Waals surface area contributed by atoms with Gasteiger partial charge in [-0.3, -0.25) is 0 Å². The predicted octanol–water partition coefficient (Wildman–Crippen LogP) is 3.21. The molecule has 1 aromatic heterocycles. The number of aromatic nitrogens is 1. The van der Waals surface area contributed by atoms with E-state index >= 15 is 0 Å². The van der Waals surface area contributed by atoms with Crippen LogP contribution >= 0.6 is 0 Å². The number of hydrogen-bond donors (Lipinski definition) is 1. The van der Waals surface area contributed by atoms with Crippen molar-refractivity contribution < 1.29 is 4.39 Å². The number of pyridine rings is 1. The Morgan fingerprint density at radius 3 is 2.73 bits per heavy atom. The van der Waals surface area contributed by atoms with Crippen molar-refractivity contribution in [3.05, 3.63) is 24.1 Å². The molecule has 0 radical (unpaired) electrons. The summed E-state index contributed by atoms with van der Waals surface area (Å²) in [5.41, 5.74) is 0. The van der Waals surface area contributed by atoms with Crippen molar-refractivity contribution in [1.82, 2.24) is 4.98 Å². The van der Waals surface area contributed by atoms with Crippen molar-refractivity contribution in [1.29, 1.82) is 0 Å². The average molecular weight is 208 g/mol. The minimum Gasteiger partial charge on any atom is -0.370 e. The summed E-state index contributed by atoms with van der Waals surface area (Å²) in [5.74, 6) is 1.27. The molecule has 82 valence electrons. The lowest BCUT2D eigenvalue weighted by atomic mass is 9.89. The number of halogens is 1. The third kappa shape index (κ3) is 3.18. The molecule has 1 aliphatic carbocycles. The van der Waals surface area contributed by atoms with Crippen LogP contribution < -0.4 is 5.32 Å². The topological polar surface area (TPSA) is 24.9 Å². The van der Waals surface area contributed by atoms with Gasteiger partial charge in [0.15, 0.2) is 0 Å². The Hall–Kier alpha value is -1.12. The fourth-order valence-corrected chi connectivity index (χ4v) is 2.12. The Balaban J connectivity index is 1.79. The molecule has 1 N–H and O–H groups in total. The minimum atomic E-state index is -0.279. The molecule has 0 unspecified atom stereocenters. The second-order valence-corrected chi connectivity index (χ2v) is 4.25. The molecule has 1 aliphatic rings. The highest BCUT2D eigenvalue weighted by Gasteiger charge is 2.12. The largest absolute Gasteiger partial charge is 0.370 e. The normalized spacial score (nSPS) is 17.7. The van der Waals surface area contributed by atoms with Gasteiger partial charge in [0.05, 0.1) is 6.20 Å². The summed E-state index contributed by atoms with van der Waals surface area (Å²) >= 11 is 0. The van der Waals surface area contributed by atoms with E-state index in [9.17, 15) is 4.39 Å². The van der Waals surface area contributed by atoms with Crippen molar-refractivity contribution in [2.24, 2.45) is 5.92 Å². The zero-order valence-corrected chi connectivity index (χ0v) is 8.88. The van der Waals surface area contributed by atoms with Crippen molar-refractivity contribution in [3.8, 4) is 0 Å². The molecule has 0 amide bonds. The highest BCUT2D eigenvalue weighted by atomic mass is 19.1. The zero-order chi connectivity index (χ0) is 10.5. The van der Waals surface area contributed by atoms with Gasteiger partial charge in [0, 0.05) is 6.54 Å². The van der Waals surface area contributed by atoms with Crippen molar-refractivity contribution in [2.45, 2.75) is 32.1 Å². The van der Waals surface area contributed by atoms with E-state index in [0.717, 1.165) is 18.3 Å². The van der Waals surface area contributed by atoms with Crippen LogP contribution in [0.15, 0.2) is 18.3 Å². The van der Waals surface area contributed by atoms with Crippen LogP contribution in [-0.2, 0) is 0 Å². The Morgan fingerprint density at radius 1 is 1.27 bits per heavy atom. The standard InChI is InChI=1S/C12H17FN2/c13-11-6-7-12(15-9-11)14-8-10-4-2-1-3-5-10/h6-7,9-10H,1-5,8H2,(H,14,15). The number of hydrogen-bond acceptors (Lipinski definition) is 2. The van der Waals surface area contributed by atoms with Crippen LogP contribution in [0.4, 0.5) is 10.2 Å². The molecule has 0 bridgehead atoms. The third-order valence-corrected chi connectivity index (χ3v) is 3.02. The molecule has 0 aromatic carbocycles. The molecule has 0 atom stereocenters. The number of anilines is 1. The lowest BCUT2D eigenvalue weighted by molar-refractivity contribution is 0.373. The molecular weight excluding hydrogens is 191 g/mol. The summed E-state index contributed by atoms with van der Waals surface area (Å²) in [6.45, 7) is 0.971. The van der Waals surface area contributed by atoms with Gasteiger partial charge in [0.25, 0.3) is 0 Å². The number of rotatable bonds is 3. The Kier molecular flexibility index (Phi) is 3.54. The van der Waals surface area contributed by atoms with Crippen LogP contribution in [0, 0.1) is 11.7 Å². The van der Waals surface area contributed by atoms with Gasteiger partial charge in [-0.1, -0.05) is 19.3 Å². The van der Waals surface area contributed by atoms with Gasteiger partial charge in [-0.2, -0.15) is 0 Å². The molecule has 1 aromatic rings. The van der Waals surface area contributed by atoms with E-state index in [-0.39, 0.29) is 5.82 Å². The molecule has 2 rings (SSSR count). The van der Waals surface area contributed by atoms with Gasteiger partial charge < -0.3 is 5.32 Å². The van der Waals surface area contributed by atoms with E-state index in [0.29, 0.717) is 0 Å². The molecular formula is C12H17FN2. The first-order valence-electron chi connectivity index (χ1n) is 5.70. The van der Waals surface area contributed by atoms with Gasteiger partial charge in [-0.05, 0) is 30.9 Å². The fourth-order valence-electron chi connectivity index (χ4n) is 2.12. The lowest BCUT2D eigenvalue weighted by Gasteiger charge is -2.21. The molecule has 3 heteroatoms. The van der Waals surface area contributed by atoms with E-state index in [4.69, 9.17) is 0 Å². The second kappa shape index (κ2) is 5.10. The van der Waals surface area contributed by atoms with Crippen molar-refractivity contribution >= 4 is 5.82 Å². The Labute approximate surface area is 89.9 Å². The molecule has 1 fully saturated rings. The van der Waals surface area contributed by atoms with Gasteiger partial charge in [-0.25, -0.2) is 9.37 Å². The molecule has 0 saturated heterocycles. The maximum absolute atomic E-state index is 12.6. The summed E-state index contributed by atoms with van der Waals surface area (Å²) in [5, 5.41) is 3.26. The molecule has 0 aliphatic heterocycles. The summed E-state index contributed by atoms with van der Waals surface area (Å²) in [4.78, 5) is 3.98. The summed E-state index contributed by atoms with van der Waals surface area (Å²) in [7, 11) is 0. The molecule has 1 heterocycles. The van der Waals surface area contributed by atoms with Crippen molar-refractivity contribution in [2.75, 3.05) is 11.9 Å². The third-order valence-electron chi connectivity index (χ3n) is 3.02. The molecule has 15 heavy (non-hydrogen) atoms. The first-order chi connectivity index (χ1) is 7.34. The predicted molar refractivity (Wildman–Crippen MR) is 59.3 cm³/mol. The van der Waals surface area contributed by atoms with E-state index in [1.165, 1.54) is 44.4 Å². The maximum Gasteiger partial charge on any atom is 0.141 e. The van der Waals surface area contributed by atoms with E-state index < -0.39 is 0 Å². The lowest BCUT2D eigenvalue weighted by Crippen LogP contribution is -2.17. The summed E-state index contributed by atoms with van der Waals surface area (Å²) < 4.78 is 12.6. The van der Waals surface area contributed by atoms with Gasteiger partial charge >= 0.3 is 0 Å². The van der Waals surface area contributed by atoms with E-state index in [1.807, 2.05) is 0 Å². The maximum atomic E-state index is 12.6. The quantitative estimate of drug-likeness (QED) is 0.825. The van der Waals surface area contributed by atoms with Gasteiger partial charge in [0.1, 0.15) is 11.6 Å². The number of nitrogens with zero attached hydrogens (tertiary/aromatic N) is 1. The highest BCUT2D eigenvalue weighted by Crippen LogP contribution is 2.23. The number of nitrogens with one attached hydrogen (secondary N) is 1. The molecule has 0 spiro atoms. The SMILES string of the molecule is Fc1ccc(NCC2CCCCC2)nc1. The van der Waals surface area contributed by atoms with Crippen LogP contribution in [0.5, 0.6) is 0 Å². The van der Waals surface area contributed by atoms with E-state index in [1.54, 1.807) is 6.07 Å². The van der Waals surface area contributed by atoms with Crippen LogP contribution in [0.3, 0.4) is 0 Å². The smallest absolute Gasteiger partial charge is 0.141 e. The fraction of sp³-hybridized carbons (Fsp3) is 0.583. The van der Waals surface area contributed by atoms with Crippen LogP contribution in [0.25, 0.3) is 0 Å². The van der Waals surface area contributed by atoms with Gasteiger partial charge in [0.2, 0.25) is 0 Å². The van der Waals surface area contributed by atoms with E-state index in [2.05, 4.69) is 10.3 Å².